The fourth-order valence-corrected chi connectivity index (χ4v) is 4.20. The first kappa shape index (κ1) is 19.4. The van der Waals surface area contributed by atoms with Crippen LogP contribution >= 0.6 is 11.6 Å². The number of nitrogens with one attached hydrogen (secondary N) is 1. The maximum absolute atomic E-state index is 12.5. The Kier molecular flexibility index (Phi) is 5.51. The molecule has 2 aromatic rings. The first-order valence-electron chi connectivity index (χ1n) is 6.89. The highest BCUT2D eigenvalue weighted by Crippen LogP contribution is 2.23. The summed E-state index contributed by atoms with van der Waals surface area (Å²) in [6.45, 7) is 1.56. The molecule has 0 saturated heterocycles. The van der Waals surface area contributed by atoms with Crippen molar-refractivity contribution in [1.29, 1.82) is 5.26 Å². The Balaban J connectivity index is 2.32. The highest BCUT2D eigenvalue weighted by molar-refractivity contribution is 7.89. The van der Waals surface area contributed by atoms with Crippen molar-refractivity contribution < 1.29 is 16.8 Å². The minimum atomic E-state index is -3.93. The number of primary sulfonamides is 1. The van der Waals surface area contributed by atoms with Gasteiger partial charge in [0.25, 0.3) is 0 Å². The summed E-state index contributed by atoms with van der Waals surface area (Å²) in [5.41, 5.74) is 0.587. The van der Waals surface area contributed by atoms with E-state index in [4.69, 9.17) is 22.0 Å². The summed E-state index contributed by atoms with van der Waals surface area (Å²) in [6, 6.07) is 10.5. The smallest absolute Gasteiger partial charge is 0.225 e. The molecule has 0 radical (unpaired) electrons. The molecule has 0 spiro atoms. The fourth-order valence-electron chi connectivity index (χ4n) is 2.08. The molecule has 25 heavy (non-hydrogen) atoms. The molecular weight excluding hydrogens is 386 g/mol. The second-order valence-electron chi connectivity index (χ2n) is 5.21. The summed E-state index contributed by atoms with van der Waals surface area (Å²) in [5, 5.41) is 13.9. The lowest BCUT2D eigenvalue weighted by molar-refractivity contribution is 0.566. The van der Waals surface area contributed by atoms with Gasteiger partial charge in [-0.2, -0.15) is 5.26 Å². The lowest BCUT2D eigenvalue weighted by atomic mass is 10.1. The van der Waals surface area contributed by atoms with Crippen LogP contribution in [0.5, 0.6) is 0 Å². The Morgan fingerprint density at radius 2 is 1.80 bits per heavy atom. The standard InChI is InChI=1S/C15H14ClN3O4S2/c1-10(11-3-2-4-13(7-11)24(18,20)21)19-25(22,23)14-6-5-12(9-17)15(16)8-14/h2-8,10,19H,1H3,(H2,18,20,21). The molecule has 2 aromatic carbocycles. The van der Waals surface area contributed by atoms with Gasteiger partial charge in [0.2, 0.25) is 20.0 Å². The molecule has 0 saturated carbocycles. The van der Waals surface area contributed by atoms with Crippen LogP contribution in [0.3, 0.4) is 0 Å². The van der Waals surface area contributed by atoms with Gasteiger partial charge in [-0.05, 0) is 42.8 Å². The van der Waals surface area contributed by atoms with Crippen LogP contribution in [0.4, 0.5) is 0 Å². The van der Waals surface area contributed by atoms with Crippen molar-refractivity contribution in [3.63, 3.8) is 0 Å². The van der Waals surface area contributed by atoms with E-state index in [0.29, 0.717) is 5.56 Å². The number of hydrogen-bond donors (Lipinski definition) is 2. The van der Waals surface area contributed by atoms with E-state index >= 15 is 0 Å². The third-order valence-corrected chi connectivity index (χ3v) is 6.15. The van der Waals surface area contributed by atoms with Crippen LogP contribution in [0.1, 0.15) is 24.1 Å². The zero-order valence-electron chi connectivity index (χ0n) is 13.0. The molecule has 1 unspecified atom stereocenters. The number of nitrogens with two attached hydrogens (primary N) is 1. The normalized spacial score (nSPS) is 13.2. The maximum Gasteiger partial charge on any atom is 0.241 e. The Morgan fingerprint density at radius 3 is 2.36 bits per heavy atom. The van der Waals surface area contributed by atoms with Gasteiger partial charge >= 0.3 is 0 Å². The van der Waals surface area contributed by atoms with Gasteiger partial charge in [0, 0.05) is 6.04 Å². The molecule has 0 aliphatic rings. The summed E-state index contributed by atoms with van der Waals surface area (Å²) in [4.78, 5) is -0.219. The predicted molar refractivity (Wildman–Crippen MR) is 92.7 cm³/mol. The first-order chi connectivity index (χ1) is 11.5. The van der Waals surface area contributed by atoms with E-state index in [9.17, 15) is 16.8 Å². The lowest BCUT2D eigenvalue weighted by Crippen LogP contribution is -2.27. The second kappa shape index (κ2) is 7.11. The van der Waals surface area contributed by atoms with Crippen LogP contribution in [0.15, 0.2) is 52.3 Å². The Labute approximate surface area is 151 Å². The van der Waals surface area contributed by atoms with Gasteiger partial charge < -0.3 is 0 Å². The van der Waals surface area contributed by atoms with Crippen LogP contribution in [-0.2, 0) is 20.0 Å². The number of hydrogen-bond acceptors (Lipinski definition) is 5. The first-order valence-corrected chi connectivity index (χ1v) is 10.3. The van der Waals surface area contributed by atoms with Gasteiger partial charge in [-0.1, -0.05) is 23.7 Å². The number of rotatable bonds is 5. The number of benzene rings is 2. The molecule has 10 heteroatoms. The van der Waals surface area contributed by atoms with Crippen molar-refractivity contribution in [2.45, 2.75) is 22.8 Å². The minimum Gasteiger partial charge on any atom is -0.225 e. The van der Waals surface area contributed by atoms with E-state index < -0.39 is 26.1 Å². The number of nitrogens with zero attached hydrogens (tertiary/aromatic N) is 1. The maximum atomic E-state index is 12.5. The predicted octanol–water partition coefficient (Wildman–Crippen LogP) is 1.90. The molecule has 1 atom stereocenters. The number of nitriles is 1. The van der Waals surface area contributed by atoms with Gasteiger partial charge in [0.05, 0.1) is 20.4 Å². The average molecular weight is 400 g/mol. The molecule has 0 aliphatic carbocycles. The third kappa shape index (κ3) is 4.56. The Bertz CT molecular complexity index is 1060. The average Bonchev–Trinajstić information content (AvgIpc) is 2.53. The van der Waals surface area contributed by atoms with Crippen LogP contribution in [-0.4, -0.2) is 16.8 Å². The molecule has 0 aromatic heterocycles. The van der Waals surface area contributed by atoms with Crippen molar-refractivity contribution in [2.24, 2.45) is 5.14 Å². The van der Waals surface area contributed by atoms with Gasteiger partial charge in [-0.3, -0.25) is 0 Å². The Hall–Kier alpha value is -1.96. The zero-order chi connectivity index (χ0) is 18.8. The summed E-state index contributed by atoms with van der Waals surface area (Å²) in [7, 11) is -7.82. The van der Waals surface area contributed by atoms with E-state index in [1.54, 1.807) is 13.0 Å². The van der Waals surface area contributed by atoms with Crippen molar-refractivity contribution in [3.05, 3.63) is 58.6 Å². The van der Waals surface area contributed by atoms with E-state index in [-0.39, 0.29) is 20.4 Å². The highest BCUT2D eigenvalue weighted by Gasteiger charge is 2.20. The third-order valence-electron chi connectivity index (χ3n) is 3.39. The molecule has 0 bridgehead atoms. The van der Waals surface area contributed by atoms with Crippen LogP contribution in [0.2, 0.25) is 5.02 Å². The van der Waals surface area contributed by atoms with Crippen LogP contribution in [0.25, 0.3) is 0 Å². The van der Waals surface area contributed by atoms with Crippen molar-refractivity contribution in [2.75, 3.05) is 0 Å². The topological polar surface area (TPSA) is 130 Å². The molecule has 0 amide bonds. The summed E-state index contributed by atoms with van der Waals surface area (Å²) >= 11 is 5.86. The van der Waals surface area contributed by atoms with Crippen LogP contribution < -0.4 is 9.86 Å². The fraction of sp³-hybridized carbons (Fsp3) is 0.133. The van der Waals surface area contributed by atoms with E-state index in [1.807, 2.05) is 6.07 Å². The SMILES string of the molecule is CC(NS(=O)(=O)c1ccc(C#N)c(Cl)c1)c1cccc(S(N)(=O)=O)c1. The van der Waals surface area contributed by atoms with E-state index in [0.717, 1.165) is 0 Å². The second-order valence-corrected chi connectivity index (χ2v) is 8.90. The van der Waals surface area contributed by atoms with Crippen LogP contribution in [0, 0.1) is 11.3 Å². The monoisotopic (exact) mass is 399 g/mol. The molecule has 0 aliphatic heterocycles. The quantitative estimate of drug-likeness (QED) is 0.792. The van der Waals surface area contributed by atoms with Gasteiger partial charge in [0.15, 0.2) is 0 Å². The zero-order valence-corrected chi connectivity index (χ0v) is 15.4. The Morgan fingerprint density at radius 1 is 1.12 bits per heavy atom. The van der Waals surface area contributed by atoms with Crippen molar-refractivity contribution in [3.8, 4) is 6.07 Å². The lowest BCUT2D eigenvalue weighted by Gasteiger charge is -2.15. The van der Waals surface area contributed by atoms with Gasteiger partial charge in [-0.25, -0.2) is 26.7 Å². The van der Waals surface area contributed by atoms with E-state index in [2.05, 4.69) is 4.72 Å². The molecule has 0 heterocycles. The van der Waals surface area contributed by atoms with Gasteiger partial charge in [-0.15, -0.1) is 0 Å². The highest BCUT2D eigenvalue weighted by atomic mass is 35.5. The van der Waals surface area contributed by atoms with E-state index in [1.165, 1.54) is 36.4 Å². The molecule has 0 fully saturated rings. The summed E-state index contributed by atoms with van der Waals surface area (Å²) < 4.78 is 50.2. The largest absolute Gasteiger partial charge is 0.241 e. The number of sulfonamides is 2. The van der Waals surface area contributed by atoms with Crippen molar-refractivity contribution >= 4 is 31.6 Å². The van der Waals surface area contributed by atoms with Gasteiger partial charge in [0.1, 0.15) is 6.07 Å². The molecule has 3 N–H and O–H groups in total. The molecule has 7 nitrogen and oxygen atoms in total. The summed E-state index contributed by atoms with van der Waals surface area (Å²) in [6.07, 6.45) is 0. The van der Waals surface area contributed by atoms with Crippen molar-refractivity contribution in [1.82, 2.24) is 4.72 Å². The molecular formula is C15H14ClN3O4S2. The number of halogens is 1. The molecule has 132 valence electrons. The summed E-state index contributed by atoms with van der Waals surface area (Å²) in [5.74, 6) is 0. The molecule has 2 rings (SSSR count). The minimum absolute atomic E-state index is 0.0225.